The predicted molar refractivity (Wildman–Crippen MR) is 81.5 cm³/mol. The highest BCUT2D eigenvalue weighted by Gasteiger charge is 2.30. The molecular formula is C17H15N3O3. The number of esters is 1. The fourth-order valence-electron chi connectivity index (χ4n) is 2.75. The summed E-state index contributed by atoms with van der Waals surface area (Å²) in [6.45, 7) is 1.98. The molecule has 6 nitrogen and oxygen atoms in total. The summed E-state index contributed by atoms with van der Waals surface area (Å²) in [6.07, 6.45) is 1.78. The van der Waals surface area contributed by atoms with Crippen molar-refractivity contribution in [2.24, 2.45) is 0 Å². The van der Waals surface area contributed by atoms with Crippen molar-refractivity contribution >= 4 is 11.8 Å². The molecule has 1 aromatic heterocycles. The smallest absolute Gasteiger partial charge is 0.359 e. The van der Waals surface area contributed by atoms with E-state index in [1.165, 1.54) is 4.68 Å². The molecule has 1 aliphatic rings. The second-order valence-electron chi connectivity index (χ2n) is 5.24. The molecule has 3 rings (SSSR count). The Morgan fingerprint density at radius 2 is 2.09 bits per heavy atom. The van der Waals surface area contributed by atoms with Crippen LogP contribution in [-0.4, -0.2) is 28.1 Å². The maximum absolute atomic E-state index is 12.3. The van der Waals surface area contributed by atoms with E-state index in [0.717, 1.165) is 0 Å². The summed E-state index contributed by atoms with van der Waals surface area (Å²) in [6, 6.07) is 8.78. The topological polar surface area (TPSA) is 85.0 Å². The van der Waals surface area contributed by atoms with E-state index in [-0.39, 0.29) is 18.1 Å². The number of ketones is 1. The molecule has 1 heterocycles. The maximum atomic E-state index is 12.3. The minimum atomic E-state index is -0.508. The van der Waals surface area contributed by atoms with Crippen LogP contribution >= 0.6 is 0 Å². The van der Waals surface area contributed by atoms with Crippen LogP contribution < -0.4 is 0 Å². The second-order valence-corrected chi connectivity index (χ2v) is 5.24. The summed E-state index contributed by atoms with van der Waals surface area (Å²) in [4.78, 5) is 24.4. The van der Waals surface area contributed by atoms with E-state index in [9.17, 15) is 9.59 Å². The highest BCUT2D eigenvalue weighted by molar-refractivity contribution is 6.01. The van der Waals surface area contributed by atoms with Crippen LogP contribution in [0.25, 0.3) is 5.69 Å². The molecule has 23 heavy (non-hydrogen) atoms. The van der Waals surface area contributed by atoms with E-state index in [2.05, 4.69) is 5.10 Å². The van der Waals surface area contributed by atoms with E-state index in [1.54, 1.807) is 31.2 Å². The van der Waals surface area contributed by atoms with Crippen LogP contribution in [0.5, 0.6) is 0 Å². The zero-order chi connectivity index (χ0) is 16.4. The fourth-order valence-corrected chi connectivity index (χ4v) is 2.75. The molecule has 0 unspecified atom stereocenters. The van der Waals surface area contributed by atoms with Gasteiger partial charge in [0.2, 0.25) is 0 Å². The van der Waals surface area contributed by atoms with Gasteiger partial charge in [0, 0.05) is 12.0 Å². The number of nitriles is 1. The molecule has 0 N–H and O–H groups in total. The first-order valence-electron chi connectivity index (χ1n) is 7.48. The molecule has 6 heteroatoms. The number of hydrogen-bond acceptors (Lipinski definition) is 5. The first-order chi connectivity index (χ1) is 11.2. The lowest BCUT2D eigenvalue weighted by atomic mass is 9.94. The minimum absolute atomic E-state index is 0.0290. The molecular weight excluding hydrogens is 294 g/mol. The van der Waals surface area contributed by atoms with Crippen LogP contribution in [0, 0.1) is 11.3 Å². The Balaban J connectivity index is 2.14. The summed E-state index contributed by atoms with van der Waals surface area (Å²) in [5.74, 6) is -0.537. The van der Waals surface area contributed by atoms with E-state index >= 15 is 0 Å². The molecule has 0 atom stereocenters. The van der Waals surface area contributed by atoms with Gasteiger partial charge < -0.3 is 4.74 Å². The molecule has 1 aliphatic carbocycles. The number of aromatic nitrogens is 2. The number of ether oxygens (including phenoxy) is 1. The van der Waals surface area contributed by atoms with Crippen molar-refractivity contribution < 1.29 is 14.3 Å². The van der Waals surface area contributed by atoms with Crippen molar-refractivity contribution in [2.75, 3.05) is 6.61 Å². The largest absolute Gasteiger partial charge is 0.461 e. The Hall–Kier alpha value is -2.94. The fraction of sp³-hybridized carbons (Fsp3) is 0.294. The van der Waals surface area contributed by atoms with E-state index in [4.69, 9.17) is 10.00 Å². The lowest BCUT2D eigenvalue weighted by Gasteiger charge is -2.13. The van der Waals surface area contributed by atoms with Gasteiger partial charge in [0.1, 0.15) is 5.69 Å². The number of nitrogens with zero attached hydrogens (tertiary/aromatic N) is 3. The highest BCUT2D eigenvalue weighted by atomic mass is 16.5. The standard InChI is InChI=1S/C17H15N3O3/c1-2-23-17(22)15-13-4-3-5-14(21)16(13)20(19-15)12-8-6-11(10-18)7-9-12/h6-9H,2-5H2,1H3. The lowest BCUT2D eigenvalue weighted by molar-refractivity contribution is 0.0517. The van der Waals surface area contributed by atoms with E-state index in [1.807, 2.05) is 6.07 Å². The van der Waals surface area contributed by atoms with Crippen LogP contribution in [0.2, 0.25) is 0 Å². The Labute approximate surface area is 133 Å². The van der Waals surface area contributed by atoms with Crippen molar-refractivity contribution in [3.63, 3.8) is 0 Å². The van der Waals surface area contributed by atoms with Gasteiger partial charge in [-0.15, -0.1) is 0 Å². The van der Waals surface area contributed by atoms with Gasteiger partial charge in [-0.25, -0.2) is 9.48 Å². The average molecular weight is 309 g/mol. The number of hydrogen-bond donors (Lipinski definition) is 0. The molecule has 1 aromatic carbocycles. The van der Waals surface area contributed by atoms with Gasteiger partial charge in [-0.1, -0.05) is 0 Å². The van der Waals surface area contributed by atoms with Crippen LogP contribution in [-0.2, 0) is 11.2 Å². The van der Waals surface area contributed by atoms with Crippen molar-refractivity contribution in [1.29, 1.82) is 5.26 Å². The molecule has 116 valence electrons. The normalized spacial score (nSPS) is 13.3. The second kappa shape index (κ2) is 6.05. The van der Waals surface area contributed by atoms with Gasteiger partial charge in [0.25, 0.3) is 0 Å². The average Bonchev–Trinajstić information content (AvgIpc) is 2.96. The van der Waals surface area contributed by atoms with Crippen LogP contribution in [0.3, 0.4) is 0 Å². The molecule has 2 aromatic rings. The number of fused-ring (bicyclic) bond motifs is 1. The number of rotatable bonds is 3. The zero-order valence-corrected chi connectivity index (χ0v) is 12.7. The zero-order valence-electron chi connectivity index (χ0n) is 12.7. The summed E-state index contributed by atoms with van der Waals surface area (Å²) in [7, 11) is 0. The third kappa shape index (κ3) is 2.61. The van der Waals surface area contributed by atoms with Crippen molar-refractivity contribution in [2.45, 2.75) is 26.2 Å². The first kappa shape index (κ1) is 15.0. The van der Waals surface area contributed by atoms with Crippen molar-refractivity contribution in [1.82, 2.24) is 9.78 Å². The first-order valence-corrected chi connectivity index (χ1v) is 7.48. The quantitative estimate of drug-likeness (QED) is 0.813. The van der Waals surface area contributed by atoms with Gasteiger partial charge in [-0.05, 0) is 44.0 Å². The number of Topliss-reactive ketones (excluding diaryl/α,β-unsaturated/α-hetero) is 1. The summed E-state index contributed by atoms with van der Waals surface area (Å²) in [5.41, 5.74) is 2.48. The van der Waals surface area contributed by atoms with Gasteiger partial charge in [0.15, 0.2) is 11.5 Å². The molecule has 0 saturated heterocycles. The maximum Gasteiger partial charge on any atom is 0.359 e. The molecule has 0 spiro atoms. The molecule has 0 radical (unpaired) electrons. The van der Waals surface area contributed by atoms with Gasteiger partial charge in [-0.3, -0.25) is 4.79 Å². The Morgan fingerprint density at radius 3 is 2.74 bits per heavy atom. The third-order valence-corrected chi connectivity index (χ3v) is 3.79. The highest BCUT2D eigenvalue weighted by Crippen LogP contribution is 2.27. The number of benzene rings is 1. The van der Waals surface area contributed by atoms with Gasteiger partial charge in [-0.2, -0.15) is 10.4 Å². The number of carbonyl (C=O) groups is 2. The summed E-state index contributed by atoms with van der Waals surface area (Å²) < 4.78 is 6.54. The van der Waals surface area contributed by atoms with Crippen molar-refractivity contribution in [3.05, 3.63) is 46.8 Å². The molecule has 0 bridgehead atoms. The van der Waals surface area contributed by atoms with Gasteiger partial charge in [0.05, 0.1) is 23.9 Å². The molecule has 0 amide bonds. The SMILES string of the molecule is CCOC(=O)c1nn(-c2ccc(C#N)cc2)c2c1CCCC2=O. The van der Waals surface area contributed by atoms with Crippen LogP contribution in [0.15, 0.2) is 24.3 Å². The molecule has 0 fully saturated rings. The van der Waals surface area contributed by atoms with Gasteiger partial charge >= 0.3 is 5.97 Å². The third-order valence-electron chi connectivity index (χ3n) is 3.79. The Kier molecular flexibility index (Phi) is 3.94. The Bertz CT molecular complexity index is 813. The monoisotopic (exact) mass is 309 g/mol. The number of carbonyl (C=O) groups excluding carboxylic acids is 2. The lowest BCUT2D eigenvalue weighted by Crippen LogP contribution is -2.15. The minimum Gasteiger partial charge on any atom is -0.461 e. The summed E-state index contributed by atoms with van der Waals surface area (Å²) in [5, 5.41) is 13.2. The molecule has 0 saturated carbocycles. The summed E-state index contributed by atoms with van der Waals surface area (Å²) >= 11 is 0. The van der Waals surface area contributed by atoms with E-state index in [0.29, 0.717) is 41.8 Å². The van der Waals surface area contributed by atoms with Crippen LogP contribution in [0.4, 0.5) is 0 Å². The molecule has 0 aliphatic heterocycles. The Morgan fingerprint density at radius 1 is 1.35 bits per heavy atom. The van der Waals surface area contributed by atoms with Crippen LogP contribution in [0.1, 0.15) is 51.9 Å². The predicted octanol–water partition coefficient (Wildman–Crippen LogP) is 2.44. The van der Waals surface area contributed by atoms with Crippen molar-refractivity contribution in [3.8, 4) is 11.8 Å². The van der Waals surface area contributed by atoms with E-state index < -0.39 is 5.97 Å².